The lowest BCUT2D eigenvalue weighted by Gasteiger charge is -2.13. The molecule has 0 atom stereocenters. The fourth-order valence-electron chi connectivity index (χ4n) is 2.24. The second-order valence-electron chi connectivity index (χ2n) is 5.24. The number of nitrogen functional groups attached to an aromatic ring is 1. The van der Waals surface area contributed by atoms with Gasteiger partial charge in [0.2, 0.25) is 5.91 Å². The molecule has 0 spiro atoms. The summed E-state index contributed by atoms with van der Waals surface area (Å²) in [6.45, 7) is 1.22. The van der Waals surface area contributed by atoms with Crippen LogP contribution in [0.1, 0.15) is 12.8 Å². The molecule has 1 aliphatic rings. The fraction of sp³-hybridized carbons (Fsp3) is 0.333. The molecule has 0 unspecified atom stereocenters. The van der Waals surface area contributed by atoms with Crippen LogP contribution in [0.5, 0.6) is 0 Å². The highest BCUT2D eigenvalue weighted by Crippen LogP contribution is 2.30. The van der Waals surface area contributed by atoms with Gasteiger partial charge in [-0.05, 0) is 31.0 Å². The molecular weight excluding hydrogens is 332 g/mol. The zero-order chi connectivity index (χ0) is 14.8. The van der Waals surface area contributed by atoms with Crippen LogP contribution in [0.15, 0.2) is 28.9 Å². The number of hydrogen-bond acceptors (Lipinski definition) is 4. The normalized spacial score (nSPS) is 14.1. The maximum atomic E-state index is 11.6. The number of halogens is 1. The Hall–Kier alpha value is -1.82. The highest BCUT2D eigenvalue weighted by atomic mass is 79.9. The molecule has 1 heterocycles. The van der Waals surface area contributed by atoms with E-state index in [0.717, 1.165) is 33.9 Å². The van der Waals surface area contributed by atoms with E-state index in [4.69, 9.17) is 5.73 Å². The Morgan fingerprint density at radius 1 is 1.38 bits per heavy atom. The number of carbonyl (C=O) groups excluding carboxylic acids is 1. The number of nitrogens with zero attached hydrogens (tertiary/aromatic N) is 1. The molecule has 1 aromatic carbocycles. The van der Waals surface area contributed by atoms with E-state index in [1.54, 1.807) is 6.20 Å². The lowest BCUT2D eigenvalue weighted by atomic mass is 10.1. The van der Waals surface area contributed by atoms with Crippen molar-refractivity contribution >= 4 is 44.1 Å². The van der Waals surface area contributed by atoms with E-state index in [2.05, 4.69) is 31.5 Å². The van der Waals surface area contributed by atoms with E-state index >= 15 is 0 Å². The molecular formula is C15H17BrN4O. The van der Waals surface area contributed by atoms with Gasteiger partial charge in [-0.25, -0.2) is 0 Å². The third-order valence-electron chi connectivity index (χ3n) is 3.53. The molecule has 1 aliphatic carbocycles. The first kappa shape index (κ1) is 14.1. The summed E-state index contributed by atoms with van der Waals surface area (Å²) in [7, 11) is 0. The Balaban J connectivity index is 1.68. The van der Waals surface area contributed by atoms with E-state index in [9.17, 15) is 4.79 Å². The van der Waals surface area contributed by atoms with Crippen molar-refractivity contribution < 1.29 is 4.79 Å². The molecule has 2 aromatic rings. The van der Waals surface area contributed by atoms with Crippen molar-refractivity contribution in [3.8, 4) is 0 Å². The Labute approximate surface area is 131 Å². The highest BCUT2D eigenvalue weighted by Gasteiger charge is 2.28. The number of nitrogens with two attached hydrogens (primary N) is 1. The number of anilines is 2. The minimum atomic E-state index is 0.159. The first-order valence-electron chi connectivity index (χ1n) is 7.00. The van der Waals surface area contributed by atoms with Crippen LogP contribution in [-0.2, 0) is 4.79 Å². The molecule has 0 aliphatic heterocycles. The average Bonchev–Trinajstić information content (AvgIpc) is 3.29. The molecule has 0 bridgehead atoms. The van der Waals surface area contributed by atoms with Crippen molar-refractivity contribution in [2.75, 3.05) is 24.1 Å². The minimum absolute atomic E-state index is 0.159. The topological polar surface area (TPSA) is 80.0 Å². The van der Waals surface area contributed by atoms with Gasteiger partial charge in [-0.15, -0.1) is 0 Å². The Morgan fingerprint density at radius 2 is 2.19 bits per heavy atom. The second kappa shape index (κ2) is 5.89. The molecule has 4 N–H and O–H groups in total. The molecule has 6 heteroatoms. The maximum absolute atomic E-state index is 11.6. The first-order chi connectivity index (χ1) is 10.1. The van der Waals surface area contributed by atoms with E-state index < -0.39 is 0 Å². The zero-order valence-electron chi connectivity index (χ0n) is 11.5. The number of benzene rings is 1. The summed E-state index contributed by atoms with van der Waals surface area (Å²) >= 11 is 3.46. The van der Waals surface area contributed by atoms with Crippen LogP contribution in [0, 0.1) is 5.92 Å². The van der Waals surface area contributed by atoms with E-state index in [0.29, 0.717) is 18.8 Å². The quantitative estimate of drug-likeness (QED) is 0.725. The number of hydrogen-bond donors (Lipinski definition) is 3. The minimum Gasteiger partial charge on any atom is -0.396 e. The molecule has 110 valence electrons. The zero-order valence-corrected chi connectivity index (χ0v) is 13.1. The third-order valence-corrected chi connectivity index (χ3v) is 4.03. The summed E-state index contributed by atoms with van der Waals surface area (Å²) in [4.78, 5) is 15.9. The van der Waals surface area contributed by atoms with E-state index in [1.165, 1.54) is 0 Å². The van der Waals surface area contributed by atoms with Crippen LogP contribution in [0.2, 0.25) is 0 Å². The monoisotopic (exact) mass is 348 g/mol. The number of rotatable bonds is 5. The number of fused-ring (bicyclic) bond motifs is 1. The van der Waals surface area contributed by atoms with Gasteiger partial charge in [-0.1, -0.05) is 15.9 Å². The van der Waals surface area contributed by atoms with Crippen LogP contribution in [0.3, 0.4) is 0 Å². The molecule has 21 heavy (non-hydrogen) atoms. The Kier molecular flexibility index (Phi) is 3.96. The van der Waals surface area contributed by atoms with Crippen LogP contribution in [0.4, 0.5) is 11.4 Å². The van der Waals surface area contributed by atoms with Crippen LogP contribution in [0.25, 0.3) is 10.9 Å². The van der Waals surface area contributed by atoms with Crippen molar-refractivity contribution in [1.82, 2.24) is 10.3 Å². The summed E-state index contributed by atoms with van der Waals surface area (Å²) in [6, 6.07) is 5.88. The van der Waals surface area contributed by atoms with Gasteiger partial charge in [0.1, 0.15) is 0 Å². The number of amides is 1. The summed E-state index contributed by atoms with van der Waals surface area (Å²) in [5.74, 6) is 0.403. The largest absolute Gasteiger partial charge is 0.396 e. The van der Waals surface area contributed by atoms with Gasteiger partial charge in [0.15, 0.2) is 0 Å². The highest BCUT2D eigenvalue weighted by molar-refractivity contribution is 9.10. The Bertz CT molecular complexity index is 679. The van der Waals surface area contributed by atoms with Gasteiger partial charge in [0.05, 0.1) is 23.1 Å². The lowest BCUT2D eigenvalue weighted by molar-refractivity contribution is -0.122. The number of carbonyl (C=O) groups is 1. The molecule has 0 radical (unpaired) electrons. The summed E-state index contributed by atoms with van der Waals surface area (Å²) in [6.07, 6.45) is 3.70. The molecule has 1 fully saturated rings. The number of nitrogens with one attached hydrogen (secondary N) is 2. The van der Waals surface area contributed by atoms with E-state index in [-0.39, 0.29) is 11.8 Å². The van der Waals surface area contributed by atoms with Crippen molar-refractivity contribution in [1.29, 1.82) is 0 Å². The van der Waals surface area contributed by atoms with Crippen LogP contribution in [-0.4, -0.2) is 24.0 Å². The Morgan fingerprint density at radius 3 is 2.95 bits per heavy atom. The molecule has 1 aromatic heterocycles. The predicted octanol–water partition coefficient (Wildman–Crippen LogP) is 2.52. The maximum Gasteiger partial charge on any atom is 0.223 e. The molecule has 3 rings (SSSR count). The molecule has 0 saturated heterocycles. The smallest absolute Gasteiger partial charge is 0.223 e. The second-order valence-corrected chi connectivity index (χ2v) is 6.16. The standard InChI is InChI=1S/C15H17BrN4O/c16-10-3-4-13-11(7-10)14(12(17)8-20-13)18-5-6-19-15(21)9-1-2-9/h3-4,7-9H,1-2,5-6,17H2,(H,18,20)(H,19,21). The predicted molar refractivity (Wildman–Crippen MR) is 88.1 cm³/mol. The number of aromatic nitrogens is 1. The molecule has 5 nitrogen and oxygen atoms in total. The van der Waals surface area contributed by atoms with Gasteiger partial charge < -0.3 is 16.4 Å². The van der Waals surface area contributed by atoms with Gasteiger partial charge in [-0.3, -0.25) is 9.78 Å². The van der Waals surface area contributed by atoms with Crippen molar-refractivity contribution in [3.05, 3.63) is 28.9 Å². The SMILES string of the molecule is Nc1cnc2ccc(Br)cc2c1NCCNC(=O)C1CC1. The van der Waals surface area contributed by atoms with Crippen LogP contribution >= 0.6 is 15.9 Å². The van der Waals surface area contributed by atoms with Gasteiger partial charge in [-0.2, -0.15) is 0 Å². The van der Waals surface area contributed by atoms with Gasteiger partial charge >= 0.3 is 0 Å². The van der Waals surface area contributed by atoms with Crippen molar-refractivity contribution in [2.45, 2.75) is 12.8 Å². The molecule has 1 saturated carbocycles. The van der Waals surface area contributed by atoms with Crippen molar-refractivity contribution in [2.24, 2.45) is 5.92 Å². The first-order valence-corrected chi connectivity index (χ1v) is 7.80. The molecule has 1 amide bonds. The average molecular weight is 349 g/mol. The summed E-state index contributed by atoms with van der Waals surface area (Å²) < 4.78 is 0.979. The summed E-state index contributed by atoms with van der Waals surface area (Å²) in [5, 5.41) is 7.19. The van der Waals surface area contributed by atoms with Crippen molar-refractivity contribution in [3.63, 3.8) is 0 Å². The van der Waals surface area contributed by atoms with E-state index in [1.807, 2.05) is 18.2 Å². The van der Waals surface area contributed by atoms with Crippen LogP contribution < -0.4 is 16.4 Å². The third kappa shape index (κ3) is 3.26. The lowest BCUT2D eigenvalue weighted by Crippen LogP contribution is -2.29. The fourth-order valence-corrected chi connectivity index (χ4v) is 2.60. The van der Waals surface area contributed by atoms with Gasteiger partial charge in [0, 0.05) is 28.9 Å². The van der Waals surface area contributed by atoms with Gasteiger partial charge in [0.25, 0.3) is 0 Å². The summed E-state index contributed by atoms with van der Waals surface area (Å²) in [5.41, 5.74) is 8.36. The number of pyridine rings is 1.